The Morgan fingerprint density at radius 1 is 0.904 bits per heavy atom. The summed E-state index contributed by atoms with van der Waals surface area (Å²) in [5.74, 6) is -2.35. The summed E-state index contributed by atoms with van der Waals surface area (Å²) in [6.07, 6.45) is 4.60. The number of nitrogens with two attached hydrogens (primary N) is 1. The van der Waals surface area contributed by atoms with E-state index < -0.39 is 29.9 Å². The summed E-state index contributed by atoms with van der Waals surface area (Å²) in [5.41, 5.74) is 10.1. The summed E-state index contributed by atoms with van der Waals surface area (Å²) < 4.78 is 1.95. The van der Waals surface area contributed by atoms with Gasteiger partial charge in [-0.05, 0) is 71.7 Å². The third-order valence-corrected chi connectivity index (χ3v) is 9.95. The number of hydrogen-bond donors (Lipinski definition) is 3. The molecule has 0 aliphatic heterocycles. The zero-order valence-electron chi connectivity index (χ0n) is 29.8. The Kier molecular flexibility index (Phi) is 13.1. The lowest BCUT2D eigenvalue weighted by Gasteiger charge is -2.35. The van der Waals surface area contributed by atoms with Gasteiger partial charge in [-0.3, -0.25) is 19.2 Å². The number of carbonyl (C=O) groups is 4. The lowest BCUT2D eigenvalue weighted by atomic mass is 9.96. The van der Waals surface area contributed by atoms with Crippen LogP contribution in [0.5, 0.6) is 0 Å². The molecule has 0 saturated heterocycles. The van der Waals surface area contributed by atoms with Gasteiger partial charge in [-0.25, -0.2) is 0 Å². The molecule has 1 heterocycles. The molecule has 0 spiro atoms. The number of benzene rings is 4. The van der Waals surface area contributed by atoms with Crippen molar-refractivity contribution in [2.75, 3.05) is 6.54 Å². The number of carbonyl (C=O) groups excluding carboxylic acids is 3. The van der Waals surface area contributed by atoms with Crippen molar-refractivity contribution in [2.45, 2.75) is 83.8 Å². The predicted octanol–water partition coefficient (Wildman–Crippen LogP) is 7.53. The third kappa shape index (κ3) is 9.59. The summed E-state index contributed by atoms with van der Waals surface area (Å²) in [6, 6.07) is 26.0. The molecule has 0 aliphatic rings. The van der Waals surface area contributed by atoms with Crippen LogP contribution in [0.4, 0.5) is 0 Å². The fraction of sp³-hybridized carbons (Fsp3) is 0.333. The first kappa shape index (κ1) is 38.1. The van der Waals surface area contributed by atoms with Gasteiger partial charge in [0.05, 0.1) is 5.56 Å². The third-order valence-electron chi connectivity index (χ3n) is 9.58. The van der Waals surface area contributed by atoms with E-state index in [1.165, 1.54) is 5.56 Å². The SMILES string of the molecule is CCCCN(C(=O)[C@H](CCCC(=O)O)NC(=O)c1cn(Cc2ccccc2Cl)c2ccccc12)[C@H](CC(N)=O)Cc1ccc2cc(CC)ccc2c1. The van der Waals surface area contributed by atoms with E-state index in [9.17, 15) is 24.3 Å². The number of aryl methyl sites for hydroxylation is 1. The zero-order chi connectivity index (χ0) is 37.2. The fourth-order valence-electron chi connectivity index (χ4n) is 6.81. The van der Waals surface area contributed by atoms with Gasteiger partial charge >= 0.3 is 5.97 Å². The van der Waals surface area contributed by atoms with Gasteiger partial charge < -0.3 is 25.6 Å². The topological polar surface area (TPSA) is 135 Å². The second-order valence-corrected chi connectivity index (χ2v) is 13.8. The summed E-state index contributed by atoms with van der Waals surface area (Å²) in [5, 5.41) is 15.9. The van der Waals surface area contributed by atoms with Crippen molar-refractivity contribution in [2.24, 2.45) is 5.73 Å². The number of primary amides is 1. The number of nitrogens with one attached hydrogen (secondary N) is 1. The van der Waals surface area contributed by atoms with Gasteiger partial charge in [-0.1, -0.05) is 105 Å². The van der Waals surface area contributed by atoms with E-state index in [-0.39, 0.29) is 31.6 Å². The number of amides is 3. The van der Waals surface area contributed by atoms with E-state index in [0.29, 0.717) is 41.9 Å². The summed E-state index contributed by atoms with van der Waals surface area (Å²) in [7, 11) is 0. The van der Waals surface area contributed by atoms with Gasteiger partial charge in [0.1, 0.15) is 6.04 Å². The zero-order valence-corrected chi connectivity index (χ0v) is 30.6. The molecular formula is C42H47ClN4O5. The van der Waals surface area contributed by atoms with Gasteiger partial charge in [0.2, 0.25) is 11.8 Å². The summed E-state index contributed by atoms with van der Waals surface area (Å²) in [4.78, 5) is 54.4. The van der Waals surface area contributed by atoms with E-state index in [1.54, 1.807) is 11.1 Å². The van der Waals surface area contributed by atoms with Crippen molar-refractivity contribution in [3.63, 3.8) is 0 Å². The lowest BCUT2D eigenvalue weighted by molar-refractivity contribution is -0.139. The van der Waals surface area contributed by atoms with Crippen LogP contribution in [0.2, 0.25) is 5.02 Å². The molecule has 52 heavy (non-hydrogen) atoms. The standard InChI is InChI=1S/C42H47ClN4O5/c1-3-5-21-47(33(25-39(44)48)24-29-18-20-30-22-28(4-2)17-19-31(30)23-29)42(52)37(14-10-16-40(49)50)45-41(51)35-27-46(38-15-9-7-12-34(35)38)26-32-11-6-8-13-36(32)43/h6-9,11-13,15,17-20,22-23,27,33,37H,3-5,10,14,16,21,24-26H2,1-2H3,(H2,44,48)(H,45,51)(H,49,50)/t33-,37-/m0/s1. The average Bonchev–Trinajstić information content (AvgIpc) is 3.49. The highest BCUT2D eigenvalue weighted by Crippen LogP contribution is 2.26. The highest BCUT2D eigenvalue weighted by Gasteiger charge is 2.32. The molecule has 4 aromatic carbocycles. The van der Waals surface area contributed by atoms with Crippen LogP contribution < -0.4 is 11.1 Å². The van der Waals surface area contributed by atoms with Crippen LogP contribution in [0, 0.1) is 0 Å². The fourth-order valence-corrected chi connectivity index (χ4v) is 7.00. The second-order valence-electron chi connectivity index (χ2n) is 13.4. The number of para-hydroxylation sites is 1. The van der Waals surface area contributed by atoms with Crippen molar-refractivity contribution in [1.29, 1.82) is 0 Å². The molecule has 10 heteroatoms. The number of hydrogen-bond acceptors (Lipinski definition) is 4. The molecule has 9 nitrogen and oxygen atoms in total. The summed E-state index contributed by atoms with van der Waals surface area (Å²) in [6.45, 7) is 4.92. The number of unbranched alkanes of at least 4 members (excludes halogenated alkanes) is 1. The normalized spacial score (nSPS) is 12.4. The van der Waals surface area contributed by atoms with Crippen LogP contribution in [0.25, 0.3) is 21.7 Å². The van der Waals surface area contributed by atoms with Crippen molar-refractivity contribution < 1.29 is 24.3 Å². The number of carboxylic acids is 1. The quantitative estimate of drug-likeness (QED) is 0.0860. The number of fused-ring (bicyclic) bond motifs is 2. The van der Waals surface area contributed by atoms with Gasteiger partial charge in [-0.2, -0.15) is 0 Å². The molecule has 0 bridgehead atoms. The van der Waals surface area contributed by atoms with Gasteiger partial charge in [0, 0.05) is 54.1 Å². The van der Waals surface area contributed by atoms with E-state index >= 15 is 0 Å². The molecule has 5 aromatic rings. The average molecular weight is 723 g/mol. The minimum atomic E-state index is -1.03. The molecule has 0 saturated carbocycles. The molecule has 5 rings (SSSR count). The molecule has 2 atom stereocenters. The van der Waals surface area contributed by atoms with Gasteiger partial charge in [0.25, 0.3) is 5.91 Å². The molecule has 272 valence electrons. The van der Waals surface area contributed by atoms with Crippen LogP contribution in [-0.2, 0) is 33.8 Å². The smallest absolute Gasteiger partial charge is 0.303 e. The molecule has 0 aliphatic carbocycles. The Labute approximate surface area is 309 Å². The lowest BCUT2D eigenvalue weighted by Crippen LogP contribution is -2.53. The van der Waals surface area contributed by atoms with Crippen LogP contribution in [0.15, 0.2) is 91.1 Å². The van der Waals surface area contributed by atoms with Crippen LogP contribution in [0.3, 0.4) is 0 Å². The molecule has 0 unspecified atom stereocenters. The number of aliphatic carboxylic acids is 1. The minimum absolute atomic E-state index is 0.0619. The first-order chi connectivity index (χ1) is 25.1. The Balaban J connectivity index is 1.46. The monoisotopic (exact) mass is 722 g/mol. The molecule has 1 aromatic heterocycles. The van der Waals surface area contributed by atoms with E-state index in [1.807, 2.05) is 66.1 Å². The molecular weight excluding hydrogens is 676 g/mol. The molecule has 0 radical (unpaired) electrons. The number of carboxylic acid groups (broad SMARTS) is 1. The Hall–Kier alpha value is -5.15. The second kappa shape index (κ2) is 17.9. The number of nitrogens with zero attached hydrogens (tertiary/aromatic N) is 2. The maximum absolute atomic E-state index is 14.6. The number of rotatable bonds is 18. The Bertz CT molecular complexity index is 2060. The van der Waals surface area contributed by atoms with Crippen LogP contribution in [0.1, 0.15) is 79.4 Å². The van der Waals surface area contributed by atoms with Crippen molar-refractivity contribution in [1.82, 2.24) is 14.8 Å². The Morgan fingerprint density at radius 2 is 1.60 bits per heavy atom. The molecule has 4 N–H and O–H groups in total. The maximum Gasteiger partial charge on any atom is 0.303 e. The van der Waals surface area contributed by atoms with E-state index in [2.05, 4.69) is 42.6 Å². The van der Waals surface area contributed by atoms with Crippen molar-refractivity contribution in [3.05, 3.63) is 118 Å². The minimum Gasteiger partial charge on any atom is -0.481 e. The highest BCUT2D eigenvalue weighted by molar-refractivity contribution is 6.31. The van der Waals surface area contributed by atoms with Crippen molar-refractivity contribution in [3.8, 4) is 0 Å². The van der Waals surface area contributed by atoms with Gasteiger partial charge in [0.15, 0.2) is 0 Å². The van der Waals surface area contributed by atoms with Crippen LogP contribution in [-0.4, -0.2) is 56.9 Å². The molecule has 0 fully saturated rings. The Morgan fingerprint density at radius 3 is 2.29 bits per heavy atom. The number of aromatic nitrogens is 1. The highest BCUT2D eigenvalue weighted by atomic mass is 35.5. The van der Waals surface area contributed by atoms with E-state index in [4.69, 9.17) is 17.3 Å². The first-order valence-electron chi connectivity index (χ1n) is 18.0. The molecule has 3 amide bonds. The van der Waals surface area contributed by atoms with Gasteiger partial charge in [-0.15, -0.1) is 0 Å². The first-order valence-corrected chi connectivity index (χ1v) is 18.4. The van der Waals surface area contributed by atoms with E-state index in [0.717, 1.165) is 40.3 Å². The predicted molar refractivity (Wildman–Crippen MR) is 206 cm³/mol. The van der Waals surface area contributed by atoms with Crippen molar-refractivity contribution >= 4 is 57.0 Å². The van der Waals surface area contributed by atoms with Crippen LogP contribution >= 0.6 is 11.6 Å². The largest absolute Gasteiger partial charge is 0.481 e. The maximum atomic E-state index is 14.6. The number of halogens is 1. The summed E-state index contributed by atoms with van der Waals surface area (Å²) >= 11 is 6.47.